The predicted molar refractivity (Wildman–Crippen MR) is 96.7 cm³/mol. The van der Waals surface area contributed by atoms with Gasteiger partial charge in [-0.05, 0) is 43.9 Å². The van der Waals surface area contributed by atoms with Crippen LogP contribution in [0.25, 0.3) is 0 Å². The number of halogens is 2. The monoisotopic (exact) mass is 382 g/mol. The van der Waals surface area contributed by atoms with Crippen LogP contribution >= 0.6 is 11.6 Å². The zero-order chi connectivity index (χ0) is 18.7. The lowest BCUT2D eigenvalue weighted by Crippen LogP contribution is -2.53. The van der Waals surface area contributed by atoms with Crippen molar-refractivity contribution in [2.24, 2.45) is 0 Å². The smallest absolute Gasteiger partial charge is 0.255 e. The van der Waals surface area contributed by atoms with Gasteiger partial charge in [-0.2, -0.15) is 0 Å². The molecule has 2 amide bonds. The summed E-state index contributed by atoms with van der Waals surface area (Å²) in [4.78, 5) is 28.5. The van der Waals surface area contributed by atoms with Crippen LogP contribution in [0, 0.1) is 5.82 Å². The van der Waals surface area contributed by atoms with E-state index in [4.69, 9.17) is 16.3 Å². The summed E-state index contributed by atoms with van der Waals surface area (Å²) in [7, 11) is 0. The molecule has 142 valence electrons. The molecule has 0 bridgehead atoms. The average molecular weight is 383 g/mol. The molecule has 1 aromatic rings. The topological polar surface area (TPSA) is 49.9 Å². The third-order valence-electron chi connectivity index (χ3n) is 5.25. The Labute approximate surface area is 158 Å². The van der Waals surface area contributed by atoms with Crippen molar-refractivity contribution in [3.63, 3.8) is 0 Å². The molecular weight excluding hydrogens is 359 g/mol. The first-order valence-corrected chi connectivity index (χ1v) is 9.46. The SMILES string of the molecule is CC(=O)N(C1CCOCC1)C1CCN(C(=O)c2cc(F)ccc2Cl)CC1. The largest absolute Gasteiger partial charge is 0.381 e. The van der Waals surface area contributed by atoms with Gasteiger partial charge in [-0.15, -0.1) is 0 Å². The minimum atomic E-state index is -0.477. The van der Waals surface area contributed by atoms with Gasteiger partial charge < -0.3 is 14.5 Å². The van der Waals surface area contributed by atoms with Crippen LogP contribution in [0.4, 0.5) is 4.39 Å². The van der Waals surface area contributed by atoms with E-state index >= 15 is 0 Å². The highest BCUT2D eigenvalue weighted by atomic mass is 35.5. The van der Waals surface area contributed by atoms with E-state index in [-0.39, 0.29) is 34.5 Å². The number of nitrogens with zero attached hydrogens (tertiary/aromatic N) is 2. The zero-order valence-corrected chi connectivity index (χ0v) is 15.7. The standard InChI is InChI=1S/C19H24ClFN2O3/c1-13(24)23(16-6-10-26-11-7-16)15-4-8-22(9-5-15)19(25)17-12-14(21)2-3-18(17)20/h2-3,12,15-16H,4-11H2,1H3. The molecule has 2 fully saturated rings. The highest BCUT2D eigenvalue weighted by Crippen LogP contribution is 2.26. The van der Waals surface area contributed by atoms with Crippen LogP contribution in [0.1, 0.15) is 43.0 Å². The maximum atomic E-state index is 13.5. The molecule has 2 saturated heterocycles. The number of piperidine rings is 1. The molecule has 0 unspecified atom stereocenters. The number of ether oxygens (including phenoxy) is 1. The fraction of sp³-hybridized carbons (Fsp3) is 0.579. The summed E-state index contributed by atoms with van der Waals surface area (Å²) >= 11 is 6.05. The Morgan fingerprint density at radius 1 is 1.15 bits per heavy atom. The molecule has 2 aliphatic rings. The molecular formula is C19H24ClFN2O3. The highest BCUT2D eigenvalue weighted by molar-refractivity contribution is 6.33. The van der Waals surface area contributed by atoms with Crippen molar-refractivity contribution in [1.29, 1.82) is 0 Å². The summed E-state index contributed by atoms with van der Waals surface area (Å²) in [5, 5.41) is 0.256. The highest BCUT2D eigenvalue weighted by Gasteiger charge is 2.33. The summed E-state index contributed by atoms with van der Waals surface area (Å²) in [6.07, 6.45) is 3.15. The third kappa shape index (κ3) is 4.18. The van der Waals surface area contributed by atoms with Crippen molar-refractivity contribution >= 4 is 23.4 Å². The maximum Gasteiger partial charge on any atom is 0.255 e. The van der Waals surface area contributed by atoms with Crippen molar-refractivity contribution < 1.29 is 18.7 Å². The van der Waals surface area contributed by atoms with Gasteiger partial charge in [0.05, 0.1) is 10.6 Å². The van der Waals surface area contributed by atoms with E-state index in [0.717, 1.165) is 25.7 Å². The molecule has 0 N–H and O–H groups in total. The number of benzene rings is 1. The quantitative estimate of drug-likeness (QED) is 0.807. The van der Waals surface area contributed by atoms with Crippen LogP contribution in [0.15, 0.2) is 18.2 Å². The summed E-state index contributed by atoms with van der Waals surface area (Å²) in [6, 6.07) is 4.17. The number of hydrogen-bond acceptors (Lipinski definition) is 3. The van der Waals surface area contributed by atoms with Crippen LogP contribution in [0.5, 0.6) is 0 Å². The molecule has 5 nitrogen and oxygen atoms in total. The van der Waals surface area contributed by atoms with E-state index < -0.39 is 5.82 Å². The lowest BCUT2D eigenvalue weighted by molar-refractivity contribution is -0.137. The minimum Gasteiger partial charge on any atom is -0.381 e. The van der Waals surface area contributed by atoms with E-state index in [2.05, 4.69) is 0 Å². The second-order valence-corrected chi connectivity index (χ2v) is 7.32. The van der Waals surface area contributed by atoms with Gasteiger partial charge in [0.1, 0.15) is 5.82 Å². The second kappa shape index (κ2) is 8.35. The minimum absolute atomic E-state index is 0.0786. The van der Waals surface area contributed by atoms with Gasteiger partial charge in [-0.25, -0.2) is 4.39 Å². The normalized spacial score (nSPS) is 19.4. The lowest BCUT2D eigenvalue weighted by atomic mass is 9.97. The fourth-order valence-corrected chi connectivity index (χ4v) is 4.15. The second-order valence-electron chi connectivity index (χ2n) is 6.92. The molecule has 0 aromatic heterocycles. The van der Waals surface area contributed by atoms with E-state index in [1.807, 2.05) is 4.90 Å². The van der Waals surface area contributed by atoms with Crippen molar-refractivity contribution in [2.45, 2.75) is 44.7 Å². The van der Waals surface area contributed by atoms with E-state index in [0.29, 0.717) is 26.3 Å². The van der Waals surface area contributed by atoms with Gasteiger partial charge in [0.25, 0.3) is 5.91 Å². The number of carbonyl (C=O) groups excluding carboxylic acids is 2. The summed E-state index contributed by atoms with van der Waals surface area (Å²) in [5.41, 5.74) is 0.193. The molecule has 0 spiro atoms. The number of carbonyl (C=O) groups is 2. The van der Waals surface area contributed by atoms with Gasteiger partial charge in [0.15, 0.2) is 0 Å². The summed E-state index contributed by atoms with van der Waals surface area (Å²) in [5.74, 6) is -0.654. The molecule has 26 heavy (non-hydrogen) atoms. The van der Waals surface area contributed by atoms with Gasteiger partial charge in [0, 0.05) is 45.3 Å². The predicted octanol–water partition coefficient (Wildman–Crippen LogP) is 3.11. The lowest BCUT2D eigenvalue weighted by Gasteiger charge is -2.43. The van der Waals surface area contributed by atoms with Crippen LogP contribution in [0.2, 0.25) is 5.02 Å². The first-order valence-electron chi connectivity index (χ1n) is 9.08. The zero-order valence-electron chi connectivity index (χ0n) is 14.9. The van der Waals surface area contributed by atoms with Crippen molar-refractivity contribution in [1.82, 2.24) is 9.80 Å². The van der Waals surface area contributed by atoms with Crippen LogP contribution in [-0.4, -0.2) is 60.0 Å². The van der Waals surface area contributed by atoms with Gasteiger partial charge in [-0.3, -0.25) is 9.59 Å². The van der Waals surface area contributed by atoms with Crippen LogP contribution in [0.3, 0.4) is 0 Å². The molecule has 2 aliphatic heterocycles. The van der Waals surface area contributed by atoms with E-state index in [9.17, 15) is 14.0 Å². The molecule has 2 heterocycles. The summed E-state index contributed by atoms with van der Waals surface area (Å²) < 4.78 is 18.9. The van der Waals surface area contributed by atoms with Crippen LogP contribution in [-0.2, 0) is 9.53 Å². The molecule has 0 saturated carbocycles. The molecule has 0 atom stereocenters. The Morgan fingerprint density at radius 2 is 1.77 bits per heavy atom. The fourth-order valence-electron chi connectivity index (χ4n) is 3.95. The molecule has 7 heteroatoms. The van der Waals surface area contributed by atoms with Gasteiger partial charge in [0.2, 0.25) is 5.91 Å². The Morgan fingerprint density at radius 3 is 2.38 bits per heavy atom. The number of hydrogen-bond donors (Lipinski definition) is 0. The van der Waals surface area contributed by atoms with Crippen molar-refractivity contribution in [3.8, 4) is 0 Å². The number of likely N-dealkylation sites (tertiary alicyclic amines) is 1. The molecule has 0 aliphatic carbocycles. The average Bonchev–Trinajstić information content (AvgIpc) is 2.64. The van der Waals surface area contributed by atoms with Gasteiger partial charge >= 0.3 is 0 Å². The van der Waals surface area contributed by atoms with Gasteiger partial charge in [-0.1, -0.05) is 11.6 Å². The summed E-state index contributed by atoms with van der Waals surface area (Å²) in [6.45, 7) is 4.04. The van der Waals surface area contributed by atoms with Crippen molar-refractivity contribution in [3.05, 3.63) is 34.6 Å². The Balaban J connectivity index is 1.65. The number of amides is 2. The van der Waals surface area contributed by atoms with E-state index in [1.165, 1.54) is 18.2 Å². The molecule has 0 radical (unpaired) electrons. The first-order chi connectivity index (χ1) is 12.5. The number of rotatable bonds is 3. The maximum absolute atomic E-state index is 13.5. The molecule has 3 rings (SSSR count). The van der Waals surface area contributed by atoms with Crippen LogP contribution < -0.4 is 0 Å². The Bertz CT molecular complexity index is 671. The Hall–Kier alpha value is -1.66. The van der Waals surface area contributed by atoms with Crippen molar-refractivity contribution in [2.75, 3.05) is 26.3 Å². The first kappa shape index (κ1) is 19.1. The van der Waals surface area contributed by atoms with E-state index in [1.54, 1.807) is 11.8 Å². The molecule has 1 aromatic carbocycles. The third-order valence-corrected chi connectivity index (χ3v) is 5.58. The Kier molecular flexibility index (Phi) is 6.14.